The van der Waals surface area contributed by atoms with Crippen LogP contribution in [0.2, 0.25) is 0 Å². The van der Waals surface area contributed by atoms with Crippen LogP contribution in [0.3, 0.4) is 0 Å². The number of sulfone groups is 1. The molecule has 1 saturated heterocycles. The summed E-state index contributed by atoms with van der Waals surface area (Å²) in [6.45, 7) is 0.362. The Kier molecular flexibility index (Phi) is 6.80. The third-order valence-corrected chi connectivity index (χ3v) is 7.78. The van der Waals surface area contributed by atoms with E-state index in [0.29, 0.717) is 18.9 Å². The lowest BCUT2D eigenvalue weighted by atomic mass is 10.1. The minimum absolute atomic E-state index is 0.00157. The Bertz CT molecular complexity index is 1160. The lowest BCUT2D eigenvalue weighted by Gasteiger charge is -2.28. The highest BCUT2D eigenvalue weighted by Crippen LogP contribution is 2.26. The second-order valence-electron chi connectivity index (χ2n) is 7.45. The smallest absolute Gasteiger partial charge is 0.277 e. The van der Waals surface area contributed by atoms with E-state index in [4.69, 9.17) is 9.15 Å². The van der Waals surface area contributed by atoms with Crippen molar-refractivity contribution in [2.75, 3.05) is 24.4 Å². The predicted octanol–water partition coefficient (Wildman–Crippen LogP) is 3.05. The molecule has 1 fully saturated rings. The highest BCUT2D eigenvalue weighted by molar-refractivity contribution is 7.99. The van der Waals surface area contributed by atoms with Crippen LogP contribution in [0.5, 0.6) is 5.75 Å². The summed E-state index contributed by atoms with van der Waals surface area (Å²) in [7, 11) is -1.52. The first-order valence-electron chi connectivity index (χ1n) is 10.1. The van der Waals surface area contributed by atoms with Crippen molar-refractivity contribution in [3.63, 3.8) is 0 Å². The molecule has 0 spiro atoms. The third kappa shape index (κ3) is 5.49. The first kappa shape index (κ1) is 22.3. The van der Waals surface area contributed by atoms with Crippen molar-refractivity contribution in [3.8, 4) is 17.2 Å². The number of carbonyl (C=O) groups is 1. The molecule has 1 amide bonds. The van der Waals surface area contributed by atoms with E-state index >= 15 is 0 Å². The molecule has 2 aromatic carbocycles. The van der Waals surface area contributed by atoms with Crippen molar-refractivity contribution in [2.45, 2.75) is 24.2 Å². The van der Waals surface area contributed by atoms with Gasteiger partial charge >= 0.3 is 0 Å². The van der Waals surface area contributed by atoms with Crippen LogP contribution in [-0.4, -0.2) is 59.8 Å². The van der Waals surface area contributed by atoms with Crippen LogP contribution in [0.25, 0.3) is 11.5 Å². The summed E-state index contributed by atoms with van der Waals surface area (Å²) in [5, 5.41) is 8.35. The van der Waals surface area contributed by atoms with Crippen LogP contribution >= 0.6 is 11.8 Å². The molecule has 1 unspecified atom stereocenters. The predicted molar refractivity (Wildman–Crippen MR) is 121 cm³/mol. The van der Waals surface area contributed by atoms with Gasteiger partial charge in [0.05, 0.1) is 24.4 Å². The zero-order chi connectivity index (χ0) is 22.6. The quantitative estimate of drug-likeness (QED) is 0.460. The van der Waals surface area contributed by atoms with Crippen molar-refractivity contribution in [2.24, 2.45) is 0 Å². The van der Waals surface area contributed by atoms with Crippen molar-refractivity contribution >= 4 is 27.5 Å². The van der Waals surface area contributed by atoms with Gasteiger partial charge < -0.3 is 14.1 Å². The Morgan fingerprint density at radius 3 is 2.56 bits per heavy atom. The lowest BCUT2D eigenvalue weighted by molar-refractivity contribution is -0.130. The first-order valence-corrected chi connectivity index (χ1v) is 12.9. The molecule has 10 heteroatoms. The maximum atomic E-state index is 13.1. The number of hydrogen-bond donors (Lipinski definition) is 0. The van der Waals surface area contributed by atoms with Crippen LogP contribution in [0.15, 0.2) is 64.2 Å². The van der Waals surface area contributed by atoms with Crippen LogP contribution in [-0.2, 0) is 21.2 Å². The van der Waals surface area contributed by atoms with Crippen molar-refractivity contribution < 1.29 is 22.4 Å². The van der Waals surface area contributed by atoms with Gasteiger partial charge in [-0.1, -0.05) is 42.1 Å². The van der Waals surface area contributed by atoms with E-state index < -0.39 is 9.84 Å². The summed E-state index contributed by atoms with van der Waals surface area (Å²) in [6, 6.07) is 16.5. The standard InChI is InChI=1S/C22H23N3O5S2/c1-29-19-9-7-17(8-10-19)21-23-24-22(30-21)31-14-20(26)25(13-16-5-3-2-4-6-16)18-11-12-32(27,28)15-18/h2-10,18H,11-15H2,1H3. The SMILES string of the molecule is COc1ccc(-c2nnc(SCC(=O)N(Cc3ccccc3)C3CCS(=O)(=O)C3)o2)cc1. The summed E-state index contributed by atoms with van der Waals surface area (Å²) in [4.78, 5) is 14.7. The molecule has 3 aromatic rings. The fraction of sp³-hybridized carbons (Fsp3) is 0.318. The van der Waals surface area contributed by atoms with Gasteiger partial charge in [-0.15, -0.1) is 10.2 Å². The number of rotatable bonds is 8. The van der Waals surface area contributed by atoms with E-state index in [2.05, 4.69) is 10.2 Å². The van der Waals surface area contributed by atoms with E-state index in [9.17, 15) is 13.2 Å². The topological polar surface area (TPSA) is 103 Å². The molecule has 1 aliphatic rings. The Balaban J connectivity index is 1.43. The molecule has 0 saturated carbocycles. The maximum absolute atomic E-state index is 13.1. The van der Waals surface area contributed by atoms with Gasteiger partial charge in [-0.2, -0.15) is 0 Å². The Hall–Kier alpha value is -2.85. The summed E-state index contributed by atoms with van der Waals surface area (Å²) in [6.07, 6.45) is 0.452. The van der Waals surface area contributed by atoms with Crippen LogP contribution in [0, 0.1) is 0 Å². The molecule has 0 radical (unpaired) electrons. The average molecular weight is 474 g/mol. The summed E-state index contributed by atoms with van der Waals surface area (Å²) in [5.41, 5.74) is 1.70. The summed E-state index contributed by atoms with van der Waals surface area (Å²) < 4.78 is 34.8. The molecule has 168 valence electrons. The van der Waals surface area contributed by atoms with E-state index in [1.165, 1.54) is 0 Å². The molecular weight excluding hydrogens is 450 g/mol. The lowest BCUT2D eigenvalue weighted by Crippen LogP contribution is -2.41. The molecule has 1 aromatic heterocycles. The minimum atomic E-state index is -3.12. The molecule has 1 atom stereocenters. The van der Waals surface area contributed by atoms with E-state index in [1.54, 1.807) is 24.1 Å². The molecule has 8 nitrogen and oxygen atoms in total. The minimum Gasteiger partial charge on any atom is -0.497 e. The van der Waals surface area contributed by atoms with Gasteiger partial charge in [-0.3, -0.25) is 4.79 Å². The monoisotopic (exact) mass is 473 g/mol. The van der Waals surface area contributed by atoms with Crippen molar-refractivity contribution in [3.05, 3.63) is 60.2 Å². The summed E-state index contributed by atoms with van der Waals surface area (Å²) >= 11 is 1.14. The molecule has 0 bridgehead atoms. The first-order chi connectivity index (χ1) is 15.4. The van der Waals surface area contributed by atoms with Gasteiger partial charge in [0, 0.05) is 18.2 Å². The van der Waals surface area contributed by atoms with Crippen LogP contribution in [0.4, 0.5) is 0 Å². The largest absolute Gasteiger partial charge is 0.497 e. The van der Waals surface area contributed by atoms with Crippen LogP contribution < -0.4 is 4.74 Å². The van der Waals surface area contributed by atoms with Crippen molar-refractivity contribution in [1.29, 1.82) is 0 Å². The van der Waals surface area contributed by atoms with Gasteiger partial charge in [0.2, 0.25) is 11.8 Å². The molecule has 32 heavy (non-hydrogen) atoms. The fourth-order valence-corrected chi connectivity index (χ4v) is 5.93. The number of benzene rings is 2. The highest BCUT2D eigenvalue weighted by atomic mass is 32.2. The van der Waals surface area contributed by atoms with E-state index in [-0.39, 0.29) is 34.4 Å². The van der Waals surface area contributed by atoms with Gasteiger partial charge in [0.25, 0.3) is 5.22 Å². The molecule has 1 aliphatic heterocycles. The molecule has 2 heterocycles. The van der Waals surface area contributed by atoms with Gasteiger partial charge in [-0.25, -0.2) is 8.42 Å². The Morgan fingerprint density at radius 1 is 1.16 bits per heavy atom. The molecule has 0 aliphatic carbocycles. The fourth-order valence-electron chi connectivity index (χ4n) is 3.55. The zero-order valence-corrected chi connectivity index (χ0v) is 19.1. The highest BCUT2D eigenvalue weighted by Gasteiger charge is 2.34. The molecule has 4 rings (SSSR count). The normalized spacial score (nSPS) is 17.2. The number of ether oxygens (including phenoxy) is 1. The van der Waals surface area contributed by atoms with Gasteiger partial charge in [0.15, 0.2) is 9.84 Å². The number of nitrogens with zero attached hydrogens (tertiary/aromatic N) is 3. The van der Waals surface area contributed by atoms with Gasteiger partial charge in [-0.05, 0) is 36.2 Å². The number of thioether (sulfide) groups is 1. The Morgan fingerprint density at radius 2 is 1.91 bits per heavy atom. The van der Waals surface area contributed by atoms with E-state index in [0.717, 1.165) is 28.6 Å². The third-order valence-electron chi connectivity index (χ3n) is 5.23. The molecular formula is C22H23N3O5S2. The maximum Gasteiger partial charge on any atom is 0.277 e. The summed E-state index contributed by atoms with van der Waals surface area (Å²) in [5.74, 6) is 1.10. The number of carbonyl (C=O) groups excluding carboxylic acids is 1. The van der Waals surface area contributed by atoms with Crippen molar-refractivity contribution in [1.82, 2.24) is 15.1 Å². The van der Waals surface area contributed by atoms with Gasteiger partial charge in [0.1, 0.15) is 5.75 Å². The van der Waals surface area contributed by atoms with E-state index in [1.807, 2.05) is 42.5 Å². The number of amides is 1. The number of hydrogen-bond acceptors (Lipinski definition) is 8. The van der Waals surface area contributed by atoms with Crippen LogP contribution in [0.1, 0.15) is 12.0 Å². The second kappa shape index (κ2) is 9.74. The Labute approximate surface area is 190 Å². The second-order valence-corrected chi connectivity index (χ2v) is 10.6. The average Bonchev–Trinajstić information content (AvgIpc) is 3.43. The number of methoxy groups -OCH3 is 1. The molecule has 0 N–H and O–H groups in total. The number of aromatic nitrogens is 2. The zero-order valence-electron chi connectivity index (χ0n) is 17.5.